The lowest BCUT2D eigenvalue weighted by atomic mass is 10.1. The van der Waals surface area contributed by atoms with E-state index in [1.165, 1.54) is 12.0 Å². The van der Waals surface area contributed by atoms with E-state index in [9.17, 15) is 4.79 Å². The number of Topliss-reactive ketones (excluding diaryl/α,β-unsaturated/α-hetero) is 1. The van der Waals surface area contributed by atoms with Gasteiger partial charge < -0.3 is 0 Å². The average Bonchev–Trinajstić information content (AvgIpc) is 2.05. The number of hydrogen-bond donors (Lipinski definition) is 0. The summed E-state index contributed by atoms with van der Waals surface area (Å²) in [7, 11) is 0. The molecule has 13 heavy (non-hydrogen) atoms. The molecule has 0 aromatic rings. The summed E-state index contributed by atoms with van der Waals surface area (Å²) in [6, 6.07) is 0. The van der Waals surface area contributed by atoms with Crippen LogP contribution in [0.1, 0.15) is 47.0 Å². The average molecular weight is 180 g/mol. The van der Waals surface area contributed by atoms with Crippen LogP contribution < -0.4 is 0 Å². The van der Waals surface area contributed by atoms with Gasteiger partial charge in [-0.2, -0.15) is 0 Å². The number of carbonyl (C=O) groups is 1. The molecular formula is C12H20O. The molecule has 1 nitrogen and oxygen atoms in total. The first kappa shape index (κ1) is 12.2. The van der Waals surface area contributed by atoms with Crippen molar-refractivity contribution in [2.45, 2.75) is 47.0 Å². The molecule has 0 aromatic heterocycles. The highest BCUT2D eigenvalue weighted by Crippen LogP contribution is 2.09. The molecule has 0 aliphatic rings. The van der Waals surface area contributed by atoms with E-state index in [-0.39, 0.29) is 5.78 Å². The highest BCUT2D eigenvalue weighted by Gasteiger charge is 1.99. The number of carbonyl (C=O) groups excluding carboxylic acids is 1. The molecule has 0 heterocycles. The number of hydrogen-bond acceptors (Lipinski definition) is 1. The van der Waals surface area contributed by atoms with Crippen molar-refractivity contribution < 1.29 is 4.79 Å². The summed E-state index contributed by atoms with van der Waals surface area (Å²) in [6.45, 7) is 7.83. The molecule has 0 aliphatic carbocycles. The van der Waals surface area contributed by atoms with E-state index in [1.807, 2.05) is 13.0 Å². The minimum atomic E-state index is 0.183. The summed E-state index contributed by atoms with van der Waals surface area (Å²) in [4.78, 5) is 11.0. The van der Waals surface area contributed by atoms with Gasteiger partial charge in [0.05, 0.1) is 0 Å². The Hall–Kier alpha value is -0.850. The fraction of sp³-hybridized carbons (Fsp3) is 0.583. The predicted octanol–water partition coefficient (Wildman–Crippen LogP) is 3.66. The molecule has 0 spiro atoms. The normalized spacial score (nSPS) is 13.2. The second kappa shape index (κ2) is 6.64. The maximum absolute atomic E-state index is 11.0. The molecule has 0 aliphatic heterocycles. The monoisotopic (exact) mass is 180 g/mol. The molecule has 0 saturated carbocycles. The fourth-order valence-corrected chi connectivity index (χ4v) is 1.25. The Morgan fingerprint density at radius 1 is 1.31 bits per heavy atom. The number of rotatable bonds is 5. The number of allylic oxidation sites excluding steroid dienone is 4. The van der Waals surface area contributed by atoms with Crippen molar-refractivity contribution >= 4 is 5.78 Å². The predicted molar refractivity (Wildman–Crippen MR) is 57.7 cm³/mol. The van der Waals surface area contributed by atoms with E-state index >= 15 is 0 Å². The van der Waals surface area contributed by atoms with Gasteiger partial charge in [-0.3, -0.25) is 4.79 Å². The van der Waals surface area contributed by atoms with Gasteiger partial charge in [0.1, 0.15) is 0 Å². The lowest BCUT2D eigenvalue weighted by molar-refractivity contribution is -0.113. The van der Waals surface area contributed by atoms with E-state index in [1.54, 1.807) is 6.92 Å². The Kier molecular flexibility index (Phi) is 6.21. The van der Waals surface area contributed by atoms with Gasteiger partial charge in [0, 0.05) is 0 Å². The first-order valence-corrected chi connectivity index (χ1v) is 4.93. The Bertz CT molecular complexity index is 221. The Balaban J connectivity index is 4.13. The number of ketones is 1. The summed E-state index contributed by atoms with van der Waals surface area (Å²) in [5, 5.41) is 0. The van der Waals surface area contributed by atoms with E-state index < -0.39 is 0 Å². The van der Waals surface area contributed by atoms with E-state index in [4.69, 9.17) is 0 Å². The summed E-state index contributed by atoms with van der Waals surface area (Å²) in [5.74, 6) is 0.183. The van der Waals surface area contributed by atoms with Gasteiger partial charge in [-0.25, -0.2) is 0 Å². The molecule has 0 atom stereocenters. The van der Waals surface area contributed by atoms with Crippen molar-refractivity contribution in [3.8, 4) is 0 Å². The highest BCUT2D eigenvalue weighted by atomic mass is 16.1. The van der Waals surface area contributed by atoms with Crippen molar-refractivity contribution in [3.05, 3.63) is 23.3 Å². The van der Waals surface area contributed by atoms with E-state index in [0.29, 0.717) is 0 Å². The Morgan fingerprint density at radius 2 is 1.92 bits per heavy atom. The minimum absolute atomic E-state index is 0.183. The quantitative estimate of drug-likeness (QED) is 0.466. The summed E-state index contributed by atoms with van der Waals surface area (Å²) in [5.41, 5.74) is 2.29. The molecule has 1 heteroatoms. The third-order valence-corrected chi connectivity index (χ3v) is 2.12. The molecule has 74 valence electrons. The topological polar surface area (TPSA) is 17.1 Å². The first-order chi connectivity index (χ1) is 6.11. The van der Waals surface area contributed by atoms with Crippen LogP contribution in [0.3, 0.4) is 0 Å². The van der Waals surface area contributed by atoms with Crippen LogP contribution >= 0.6 is 0 Å². The SMILES string of the molecule is C/C=C(\C/C=C(/C)CCC)C(C)=O. The molecular weight excluding hydrogens is 160 g/mol. The molecule has 0 aromatic carbocycles. The van der Waals surface area contributed by atoms with Crippen molar-refractivity contribution in [1.29, 1.82) is 0 Å². The molecule has 0 N–H and O–H groups in total. The van der Waals surface area contributed by atoms with Crippen LogP contribution in [0.15, 0.2) is 23.3 Å². The smallest absolute Gasteiger partial charge is 0.155 e. The molecule has 0 radical (unpaired) electrons. The Morgan fingerprint density at radius 3 is 2.31 bits per heavy atom. The van der Waals surface area contributed by atoms with Crippen molar-refractivity contribution in [1.82, 2.24) is 0 Å². The zero-order chi connectivity index (χ0) is 10.3. The van der Waals surface area contributed by atoms with E-state index in [0.717, 1.165) is 18.4 Å². The summed E-state index contributed by atoms with van der Waals surface area (Å²) < 4.78 is 0. The molecule has 0 bridgehead atoms. The van der Waals surface area contributed by atoms with Crippen LogP contribution in [0.25, 0.3) is 0 Å². The molecule has 0 rings (SSSR count). The van der Waals surface area contributed by atoms with Crippen LogP contribution in [0.2, 0.25) is 0 Å². The van der Waals surface area contributed by atoms with Gasteiger partial charge in [0.25, 0.3) is 0 Å². The lowest BCUT2D eigenvalue weighted by Gasteiger charge is -2.00. The zero-order valence-corrected chi connectivity index (χ0v) is 9.18. The van der Waals surface area contributed by atoms with Gasteiger partial charge in [0.2, 0.25) is 0 Å². The summed E-state index contributed by atoms with van der Waals surface area (Å²) >= 11 is 0. The molecule has 0 unspecified atom stereocenters. The zero-order valence-electron chi connectivity index (χ0n) is 9.18. The largest absolute Gasteiger partial charge is 0.295 e. The third-order valence-electron chi connectivity index (χ3n) is 2.12. The Labute approximate surface area is 81.5 Å². The van der Waals surface area contributed by atoms with Crippen LogP contribution in [-0.4, -0.2) is 5.78 Å². The molecule has 0 saturated heterocycles. The van der Waals surface area contributed by atoms with E-state index in [2.05, 4.69) is 19.9 Å². The van der Waals surface area contributed by atoms with Crippen LogP contribution in [-0.2, 0) is 4.79 Å². The standard InChI is InChI=1S/C12H20O/c1-5-7-10(3)8-9-12(6-2)11(4)13/h6,8H,5,7,9H2,1-4H3/b10-8-,12-6+. The lowest BCUT2D eigenvalue weighted by Crippen LogP contribution is -1.94. The van der Waals surface area contributed by atoms with Gasteiger partial charge in [0.15, 0.2) is 5.78 Å². The highest BCUT2D eigenvalue weighted by molar-refractivity contribution is 5.93. The first-order valence-electron chi connectivity index (χ1n) is 4.93. The maximum atomic E-state index is 11.0. The van der Waals surface area contributed by atoms with Gasteiger partial charge >= 0.3 is 0 Å². The second-order valence-corrected chi connectivity index (χ2v) is 3.37. The third kappa shape index (κ3) is 5.40. The van der Waals surface area contributed by atoms with Crippen molar-refractivity contribution in [2.24, 2.45) is 0 Å². The van der Waals surface area contributed by atoms with Gasteiger partial charge in [-0.05, 0) is 39.2 Å². The second-order valence-electron chi connectivity index (χ2n) is 3.37. The van der Waals surface area contributed by atoms with Crippen molar-refractivity contribution in [3.63, 3.8) is 0 Å². The minimum Gasteiger partial charge on any atom is -0.295 e. The molecule has 0 amide bonds. The van der Waals surface area contributed by atoms with Crippen LogP contribution in [0.4, 0.5) is 0 Å². The molecule has 0 fully saturated rings. The van der Waals surface area contributed by atoms with Crippen LogP contribution in [0, 0.1) is 0 Å². The van der Waals surface area contributed by atoms with Crippen LogP contribution in [0.5, 0.6) is 0 Å². The van der Waals surface area contributed by atoms with Gasteiger partial charge in [-0.15, -0.1) is 0 Å². The van der Waals surface area contributed by atoms with Gasteiger partial charge in [-0.1, -0.05) is 31.1 Å². The summed E-state index contributed by atoms with van der Waals surface area (Å²) in [6.07, 6.45) is 7.15. The van der Waals surface area contributed by atoms with Crippen molar-refractivity contribution in [2.75, 3.05) is 0 Å². The maximum Gasteiger partial charge on any atom is 0.155 e. The fourth-order valence-electron chi connectivity index (χ4n) is 1.25.